The van der Waals surface area contributed by atoms with Gasteiger partial charge in [0.25, 0.3) is 0 Å². The molecule has 0 saturated heterocycles. The third kappa shape index (κ3) is 8.43. The summed E-state index contributed by atoms with van der Waals surface area (Å²) in [4.78, 5) is 13.5. The molecule has 0 aromatic carbocycles. The molecule has 0 saturated carbocycles. The minimum atomic E-state index is -0.0150. The van der Waals surface area contributed by atoms with E-state index in [0.717, 1.165) is 12.8 Å². The molecule has 0 aromatic rings. The van der Waals surface area contributed by atoms with Gasteiger partial charge in [0.1, 0.15) is 0 Å². The smallest absolute Gasteiger partial charge is 0.223 e. The Balaban J connectivity index is 3.20. The highest BCUT2D eigenvalue weighted by molar-refractivity contribution is 5.77. The quantitative estimate of drug-likeness (QED) is 0.210. The Bertz CT molecular complexity index is 208. The number of nitrogens with one attached hydrogen (secondary N) is 1. The number of hydrogen-bond donors (Lipinski definition) is 1. The van der Waals surface area contributed by atoms with Crippen LogP contribution in [0, 0.1) is 0 Å². The maximum Gasteiger partial charge on any atom is 0.223 e. The molecule has 0 spiro atoms. The van der Waals surface area contributed by atoms with Gasteiger partial charge in [-0.3, -0.25) is 4.79 Å². The molecular formula is C8H14N4O. The van der Waals surface area contributed by atoms with Crippen LogP contribution >= 0.6 is 0 Å². The highest BCUT2D eigenvalue weighted by Gasteiger charge is 1.95. The monoisotopic (exact) mass is 182 g/mol. The van der Waals surface area contributed by atoms with Crippen molar-refractivity contribution in [2.45, 2.75) is 19.3 Å². The summed E-state index contributed by atoms with van der Waals surface area (Å²) >= 11 is 0. The Hall–Kier alpha value is -1.48. The van der Waals surface area contributed by atoms with Crippen LogP contribution in [0.2, 0.25) is 0 Å². The first kappa shape index (κ1) is 11.5. The summed E-state index contributed by atoms with van der Waals surface area (Å²) < 4.78 is 0. The number of rotatable bonds is 7. The van der Waals surface area contributed by atoms with Gasteiger partial charge in [-0.2, -0.15) is 0 Å². The maximum atomic E-state index is 10.9. The van der Waals surface area contributed by atoms with E-state index in [1.165, 1.54) is 0 Å². The standard InChI is InChI=1S/C8H14N4O/c1-2-5-8(13)10-6-3-4-7-11-12-9/h2H,1,3-7H2,(H,10,13). The molecule has 0 bridgehead atoms. The van der Waals surface area contributed by atoms with Crippen molar-refractivity contribution in [2.75, 3.05) is 13.1 Å². The molecule has 5 heteroatoms. The second-order valence-corrected chi connectivity index (χ2v) is 2.50. The molecule has 72 valence electrons. The predicted molar refractivity (Wildman–Crippen MR) is 51.1 cm³/mol. The van der Waals surface area contributed by atoms with Crippen molar-refractivity contribution in [3.63, 3.8) is 0 Å². The summed E-state index contributed by atoms with van der Waals surface area (Å²) in [7, 11) is 0. The molecule has 5 nitrogen and oxygen atoms in total. The van der Waals surface area contributed by atoms with E-state index in [4.69, 9.17) is 5.53 Å². The Morgan fingerprint density at radius 3 is 3.00 bits per heavy atom. The average molecular weight is 182 g/mol. The molecule has 13 heavy (non-hydrogen) atoms. The molecule has 1 N–H and O–H groups in total. The number of carbonyl (C=O) groups is 1. The van der Waals surface area contributed by atoms with E-state index in [0.29, 0.717) is 19.5 Å². The van der Waals surface area contributed by atoms with Crippen molar-refractivity contribution in [3.05, 3.63) is 23.1 Å². The van der Waals surface area contributed by atoms with Crippen molar-refractivity contribution in [3.8, 4) is 0 Å². The van der Waals surface area contributed by atoms with Crippen LogP contribution in [0.1, 0.15) is 19.3 Å². The van der Waals surface area contributed by atoms with Gasteiger partial charge in [0, 0.05) is 24.4 Å². The third-order valence-electron chi connectivity index (χ3n) is 1.40. The van der Waals surface area contributed by atoms with Crippen molar-refractivity contribution >= 4 is 5.91 Å². The van der Waals surface area contributed by atoms with Crippen LogP contribution in [0.3, 0.4) is 0 Å². The Morgan fingerprint density at radius 1 is 1.62 bits per heavy atom. The summed E-state index contributed by atoms with van der Waals surface area (Å²) in [5.74, 6) is -0.0150. The first-order chi connectivity index (χ1) is 6.31. The minimum Gasteiger partial charge on any atom is -0.356 e. The second-order valence-electron chi connectivity index (χ2n) is 2.50. The van der Waals surface area contributed by atoms with Crippen LogP contribution in [-0.2, 0) is 4.79 Å². The lowest BCUT2D eigenvalue weighted by molar-refractivity contribution is -0.120. The molecule has 1 amide bonds. The summed E-state index contributed by atoms with van der Waals surface area (Å²) in [6.45, 7) is 4.58. The van der Waals surface area contributed by atoms with Gasteiger partial charge in [0.05, 0.1) is 0 Å². The number of amides is 1. The van der Waals surface area contributed by atoms with E-state index in [1.807, 2.05) is 0 Å². The molecule has 0 fully saturated rings. The SMILES string of the molecule is C=CCC(=O)NCCCCN=[N+]=[N-]. The fourth-order valence-electron chi connectivity index (χ4n) is 0.783. The summed E-state index contributed by atoms with van der Waals surface area (Å²) in [6.07, 6.45) is 3.56. The topological polar surface area (TPSA) is 77.9 Å². The zero-order valence-corrected chi connectivity index (χ0v) is 7.57. The lowest BCUT2D eigenvalue weighted by Crippen LogP contribution is -2.23. The normalized spacial score (nSPS) is 8.62. The van der Waals surface area contributed by atoms with Crippen molar-refractivity contribution in [1.29, 1.82) is 0 Å². The molecule has 0 atom stereocenters. The van der Waals surface area contributed by atoms with E-state index in [2.05, 4.69) is 21.9 Å². The molecule has 0 unspecified atom stereocenters. The summed E-state index contributed by atoms with van der Waals surface area (Å²) in [6, 6.07) is 0. The van der Waals surface area contributed by atoms with Gasteiger partial charge in [-0.05, 0) is 18.4 Å². The van der Waals surface area contributed by atoms with Gasteiger partial charge >= 0.3 is 0 Å². The van der Waals surface area contributed by atoms with E-state index in [1.54, 1.807) is 6.08 Å². The Kier molecular flexibility index (Phi) is 7.63. The molecule has 0 aliphatic heterocycles. The van der Waals surface area contributed by atoms with Crippen LogP contribution in [0.5, 0.6) is 0 Å². The number of unbranched alkanes of at least 4 members (excludes halogenated alkanes) is 1. The van der Waals surface area contributed by atoms with Crippen LogP contribution in [-0.4, -0.2) is 19.0 Å². The van der Waals surface area contributed by atoms with Crippen molar-refractivity contribution in [1.82, 2.24) is 5.32 Å². The largest absolute Gasteiger partial charge is 0.356 e. The predicted octanol–water partition coefficient (Wildman–Crippen LogP) is 1.77. The lowest BCUT2D eigenvalue weighted by atomic mass is 10.3. The maximum absolute atomic E-state index is 10.9. The number of hydrogen-bond acceptors (Lipinski definition) is 2. The highest BCUT2D eigenvalue weighted by Crippen LogP contribution is 1.88. The average Bonchev–Trinajstić information content (AvgIpc) is 2.11. The Labute approximate surface area is 77.4 Å². The second kappa shape index (κ2) is 8.62. The summed E-state index contributed by atoms with van der Waals surface area (Å²) in [5.41, 5.74) is 7.96. The molecule has 0 heterocycles. The minimum absolute atomic E-state index is 0.0150. The molecule has 0 aromatic heterocycles. The van der Waals surface area contributed by atoms with Crippen LogP contribution in [0.4, 0.5) is 0 Å². The van der Waals surface area contributed by atoms with Gasteiger partial charge in [0.2, 0.25) is 5.91 Å². The molecule has 0 aliphatic rings. The molecule has 0 aliphatic carbocycles. The fourth-order valence-corrected chi connectivity index (χ4v) is 0.783. The number of carbonyl (C=O) groups excluding carboxylic acids is 1. The van der Waals surface area contributed by atoms with Crippen LogP contribution in [0.25, 0.3) is 10.4 Å². The van der Waals surface area contributed by atoms with E-state index >= 15 is 0 Å². The molecule has 0 rings (SSSR count). The van der Waals surface area contributed by atoms with Gasteiger partial charge in [-0.1, -0.05) is 11.2 Å². The number of nitrogens with zero attached hydrogens (tertiary/aromatic N) is 3. The van der Waals surface area contributed by atoms with Gasteiger partial charge in [-0.25, -0.2) is 0 Å². The lowest BCUT2D eigenvalue weighted by Gasteiger charge is -2.01. The van der Waals surface area contributed by atoms with Crippen LogP contribution in [0.15, 0.2) is 17.8 Å². The zero-order chi connectivity index (χ0) is 9.94. The van der Waals surface area contributed by atoms with Gasteiger partial charge in [0.15, 0.2) is 0 Å². The zero-order valence-electron chi connectivity index (χ0n) is 7.57. The molecular weight excluding hydrogens is 168 g/mol. The third-order valence-corrected chi connectivity index (χ3v) is 1.40. The van der Waals surface area contributed by atoms with Crippen molar-refractivity contribution in [2.24, 2.45) is 5.11 Å². The van der Waals surface area contributed by atoms with Crippen molar-refractivity contribution < 1.29 is 4.79 Å². The van der Waals surface area contributed by atoms with Gasteiger partial charge in [-0.15, -0.1) is 6.58 Å². The van der Waals surface area contributed by atoms with E-state index in [-0.39, 0.29) is 5.91 Å². The Morgan fingerprint density at radius 2 is 2.38 bits per heavy atom. The fraction of sp³-hybridized carbons (Fsp3) is 0.625. The van der Waals surface area contributed by atoms with E-state index < -0.39 is 0 Å². The first-order valence-corrected chi connectivity index (χ1v) is 4.19. The van der Waals surface area contributed by atoms with Gasteiger partial charge < -0.3 is 5.32 Å². The number of azide groups is 1. The highest BCUT2D eigenvalue weighted by atomic mass is 16.1. The molecule has 0 radical (unpaired) electrons. The van der Waals surface area contributed by atoms with Crippen LogP contribution < -0.4 is 5.32 Å². The summed E-state index contributed by atoms with van der Waals surface area (Å²) in [5, 5.41) is 6.09. The van der Waals surface area contributed by atoms with E-state index in [9.17, 15) is 4.79 Å². The first-order valence-electron chi connectivity index (χ1n) is 4.19.